The lowest BCUT2D eigenvalue weighted by atomic mass is 10.0. The number of nitrogens with one attached hydrogen (secondary N) is 1. The molecule has 27 heavy (non-hydrogen) atoms. The van der Waals surface area contributed by atoms with Crippen LogP contribution in [0.2, 0.25) is 0 Å². The number of halogens is 4. The zero-order chi connectivity index (χ0) is 19.2. The average molecular weight is 381 g/mol. The van der Waals surface area contributed by atoms with Gasteiger partial charge in [-0.15, -0.1) is 0 Å². The van der Waals surface area contributed by atoms with Crippen LogP contribution in [0.25, 0.3) is 0 Å². The number of benzene rings is 1. The third-order valence-electron chi connectivity index (χ3n) is 5.15. The Morgan fingerprint density at radius 2 is 2.04 bits per heavy atom. The van der Waals surface area contributed by atoms with Gasteiger partial charge in [-0.2, -0.15) is 13.2 Å². The van der Waals surface area contributed by atoms with E-state index in [0.29, 0.717) is 48.6 Å². The molecule has 4 nitrogen and oxygen atoms in total. The van der Waals surface area contributed by atoms with Crippen molar-refractivity contribution in [1.29, 1.82) is 0 Å². The van der Waals surface area contributed by atoms with Crippen molar-refractivity contribution < 1.29 is 17.6 Å². The topological polar surface area (TPSA) is 49.0 Å². The number of H-pyrrole nitrogens is 1. The molecule has 0 spiro atoms. The monoisotopic (exact) mass is 381 g/mol. The predicted octanol–water partition coefficient (Wildman–Crippen LogP) is 3.44. The number of rotatable bonds is 4. The van der Waals surface area contributed by atoms with Crippen molar-refractivity contribution in [2.24, 2.45) is 5.92 Å². The van der Waals surface area contributed by atoms with Crippen molar-refractivity contribution in [3.05, 3.63) is 62.6 Å². The van der Waals surface area contributed by atoms with Crippen LogP contribution in [-0.4, -0.2) is 21.4 Å². The summed E-state index contributed by atoms with van der Waals surface area (Å²) in [6.45, 7) is 1.09. The van der Waals surface area contributed by atoms with Crippen LogP contribution in [0.1, 0.15) is 41.1 Å². The Bertz CT molecular complexity index is 918. The summed E-state index contributed by atoms with van der Waals surface area (Å²) in [6.07, 6.45) is -1.01. The van der Waals surface area contributed by atoms with Crippen LogP contribution in [0, 0.1) is 11.7 Å². The van der Waals surface area contributed by atoms with E-state index in [9.17, 15) is 22.4 Å². The second-order valence-corrected chi connectivity index (χ2v) is 7.35. The average Bonchev–Trinajstić information content (AvgIpc) is 3.39. The molecule has 1 aromatic heterocycles. The number of hydrogen-bond donors (Lipinski definition) is 1. The number of nitrogens with zero attached hydrogens (tertiary/aromatic N) is 2. The van der Waals surface area contributed by atoms with E-state index in [4.69, 9.17) is 0 Å². The van der Waals surface area contributed by atoms with Crippen molar-refractivity contribution in [3.8, 4) is 0 Å². The first-order valence-electron chi connectivity index (χ1n) is 8.98. The highest BCUT2D eigenvalue weighted by Gasteiger charge is 2.31. The smallest absolute Gasteiger partial charge is 0.310 e. The fourth-order valence-electron chi connectivity index (χ4n) is 3.47. The molecule has 1 fully saturated rings. The van der Waals surface area contributed by atoms with Crippen molar-refractivity contribution in [1.82, 2.24) is 14.9 Å². The van der Waals surface area contributed by atoms with Crippen LogP contribution < -0.4 is 5.56 Å². The van der Waals surface area contributed by atoms with Gasteiger partial charge in [-0.05, 0) is 37.3 Å². The van der Waals surface area contributed by atoms with E-state index in [-0.39, 0.29) is 17.7 Å². The molecule has 1 N–H and O–H groups in total. The molecule has 0 atom stereocenters. The van der Waals surface area contributed by atoms with Crippen molar-refractivity contribution in [2.75, 3.05) is 6.54 Å². The number of fused-ring (bicyclic) bond motifs is 1. The molecule has 0 saturated heterocycles. The molecule has 2 heterocycles. The van der Waals surface area contributed by atoms with Crippen LogP contribution in [0.5, 0.6) is 0 Å². The molecule has 2 aromatic rings. The van der Waals surface area contributed by atoms with Gasteiger partial charge < -0.3 is 4.98 Å². The molecule has 0 unspecified atom stereocenters. The van der Waals surface area contributed by atoms with Gasteiger partial charge in [0, 0.05) is 37.2 Å². The Kier molecular flexibility index (Phi) is 4.53. The van der Waals surface area contributed by atoms with Gasteiger partial charge in [0.25, 0.3) is 5.56 Å². The SMILES string of the molecule is O=c1[nH]c(CC2CC2)nc2c1CCN(Cc1ccc(C(F)(F)F)cc1F)C2. The Morgan fingerprint density at radius 1 is 1.26 bits per heavy atom. The lowest BCUT2D eigenvalue weighted by Gasteiger charge is -2.28. The Hall–Kier alpha value is -2.22. The van der Waals surface area contributed by atoms with E-state index >= 15 is 0 Å². The van der Waals surface area contributed by atoms with E-state index in [2.05, 4.69) is 9.97 Å². The molecule has 1 aliphatic heterocycles. The van der Waals surface area contributed by atoms with Gasteiger partial charge in [-0.1, -0.05) is 6.07 Å². The van der Waals surface area contributed by atoms with Crippen molar-refractivity contribution in [3.63, 3.8) is 0 Å². The van der Waals surface area contributed by atoms with Gasteiger partial charge in [0.2, 0.25) is 0 Å². The molecular formula is C19H19F4N3O. The highest BCUT2D eigenvalue weighted by atomic mass is 19.4. The third kappa shape index (κ3) is 4.05. The molecule has 0 amide bonds. The quantitative estimate of drug-likeness (QED) is 0.826. The summed E-state index contributed by atoms with van der Waals surface area (Å²) in [6, 6.07) is 2.61. The maximum atomic E-state index is 14.1. The number of alkyl halides is 3. The number of aromatic amines is 1. The van der Waals surface area contributed by atoms with Gasteiger partial charge in [0.15, 0.2) is 0 Å². The summed E-state index contributed by atoms with van der Waals surface area (Å²) in [5.41, 5.74) is 0.433. The molecule has 8 heteroatoms. The molecule has 1 saturated carbocycles. The Balaban J connectivity index is 1.51. The van der Waals surface area contributed by atoms with Gasteiger partial charge in [-0.3, -0.25) is 9.69 Å². The molecule has 1 aromatic carbocycles. The highest BCUT2D eigenvalue weighted by molar-refractivity contribution is 5.27. The molecule has 144 valence electrons. The zero-order valence-corrected chi connectivity index (χ0v) is 14.6. The van der Waals surface area contributed by atoms with E-state index in [1.807, 2.05) is 4.90 Å². The van der Waals surface area contributed by atoms with Gasteiger partial charge in [0.05, 0.1) is 11.3 Å². The summed E-state index contributed by atoms with van der Waals surface area (Å²) in [5, 5.41) is 0. The molecule has 1 aliphatic carbocycles. The van der Waals surface area contributed by atoms with Crippen LogP contribution in [0.3, 0.4) is 0 Å². The normalized spacial score (nSPS) is 17.8. The van der Waals surface area contributed by atoms with Gasteiger partial charge in [0.1, 0.15) is 11.6 Å². The second kappa shape index (κ2) is 6.74. The first-order chi connectivity index (χ1) is 12.8. The van der Waals surface area contributed by atoms with Crippen molar-refractivity contribution >= 4 is 0 Å². The maximum Gasteiger partial charge on any atom is 0.416 e. The van der Waals surface area contributed by atoms with E-state index in [1.54, 1.807) is 0 Å². The molecule has 0 bridgehead atoms. The van der Waals surface area contributed by atoms with Crippen LogP contribution in [0.15, 0.2) is 23.0 Å². The number of hydrogen-bond acceptors (Lipinski definition) is 3. The van der Waals surface area contributed by atoms with E-state index < -0.39 is 17.6 Å². The molecule has 4 rings (SSSR count). The van der Waals surface area contributed by atoms with E-state index in [1.165, 1.54) is 6.07 Å². The van der Waals surface area contributed by atoms with Crippen LogP contribution in [0.4, 0.5) is 17.6 Å². The minimum atomic E-state index is -4.56. The largest absolute Gasteiger partial charge is 0.416 e. The summed E-state index contributed by atoms with van der Waals surface area (Å²) >= 11 is 0. The fraction of sp³-hybridized carbons (Fsp3) is 0.474. The zero-order valence-electron chi connectivity index (χ0n) is 14.6. The second-order valence-electron chi connectivity index (χ2n) is 7.35. The predicted molar refractivity (Wildman–Crippen MR) is 90.5 cm³/mol. The Morgan fingerprint density at radius 3 is 2.70 bits per heavy atom. The van der Waals surface area contributed by atoms with Crippen LogP contribution in [-0.2, 0) is 32.1 Å². The fourth-order valence-corrected chi connectivity index (χ4v) is 3.47. The first kappa shape index (κ1) is 18.2. The Labute approximate surface area is 153 Å². The first-order valence-corrected chi connectivity index (χ1v) is 8.98. The summed E-state index contributed by atoms with van der Waals surface area (Å²) in [4.78, 5) is 21.6. The van der Waals surface area contributed by atoms with Gasteiger partial charge >= 0.3 is 6.18 Å². The summed E-state index contributed by atoms with van der Waals surface area (Å²) < 4.78 is 52.1. The van der Waals surface area contributed by atoms with Crippen LogP contribution >= 0.6 is 0 Å². The minimum absolute atomic E-state index is 0.115. The lowest BCUT2D eigenvalue weighted by molar-refractivity contribution is -0.137. The molecule has 2 aliphatic rings. The minimum Gasteiger partial charge on any atom is -0.310 e. The summed E-state index contributed by atoms with van der Waals surface area (Å²) in [7, 11) is 0. The van der Waals surface area contributed by atoms with Gasteiger partial charge in [-0.25, -0.2) is 9.37 Å². The third-order valence-corrected chi connectivity index (χ3v) is 5.15. The highest BCUT2D eigenvalue weighted by Crippen LogP contribution is 2.32. The van der Waals surface area contributed by atoms with E-state index in [0.717, 1.165) is 25.3 Å². The lowest BCUT2D eigenvalue weighted by Crippen LogP contribution is -2.35. The maximum absolute atomic E-state index is 14.1. The molecular weight excluding hydrogens is 362 g/mol. The standard InChI is InChI=1S/C19H19F4N3O/c20-15-8-13(19(21,22)23)4-3-12(15)9-26-6-5-14-16(10-26)24-17(25-18(14)27)7-11-1-2-11/h3-4,8,11H,1-2,5-7,9-10H2,(H,24,25,27). The van der Waals surface area contributed by atoms with Crippen molar-refractivity contribution in [2.45, 2.75) is 44.9 Å². The number of aromatic nitrogens is 2. The molecule has 0 radical (unpaired) electrons. The summed E-state index contributed by atoms with van der Waals surface area (Å²) in [5.74, 6) is 0.403.